The monoisotopic (exact) mass is 278 g/mol. The van der Waals surface area contributed by atoms with Crippen LogP contribution in [0.4, 0.5) is 0 Å². The summed E-state index contributed by atoms with van der Waals surface area (Å²) in [5.74, 6) is -0.403. The van der Waals surface area contributed by atoms with E-state index in [0.717, 1.165) is 17.8 Å². The fourth-order valence-corrected chi connectivity index (χ4v) is 2.12. The van der Waals surface area contributed by atoms with Crippen molar-refractivity contribution in [2.45, 2.75) is 5.16 Å². The zero-order valence-electron chi connectivity index (χ0n) is 9.66. The van der Waals surface area contributed by atoms with E-state index in [1.165, 1.54) is 24.3 Å². The number of phenols is 1. The third-order valence-corrected chi connectivity index (χ3v) is 3.11. The molecule has 0 spiro atoms. The van der Waals surface area contributed by atoms with E-state index in [0.29, 0.717) is 5.56 Å². The van der Waals surface area contributed by atoms with Crippen LogP contribution in [0.25, 0.3) is 0 Å². The first-order valence-electron chi connectivity index (χ1n) is 5.30. The smallest absolute Gasteiger partial charge is 0.255 e. The Morgan fingerprint density at radius 2 is 1.95 bits per heavy atom. The van der Waals surface area contributed by atoms with Crippen molar-refractivity contribution < 1.29 is 15.0 Å². The molecular weight excluding hydrogens is 268 g/mol. The molecule has 0 saturated carbocycles. The lowest BCUT2D eigenvalue weighted by Crippen LogP contribution is -2.08. The topological polar surface area (TPSA) is 103 Å². The molecule has 0 unspecified atom stereocenters. The number of ketones is 1. The van der Waals surface area contributed by atoms with E-state index in [9.17, 15) is 9.59 Å². The molecule has 0 radical (unpaired) electrons. The second-order valence-electron chi connectivity index (χ2n) is 3.67. The van der Waals surface area contributed by atoms with Gasteiger partial charge < -0.3 is 15.2 Å². The summed E-state index contributed by atoms with van der Waals surface area (Å²) in [7, 11) is 0. The molecule has 0 bridgehead atoms. The van der Waals surface area contributed by atoms with Crippen LogP contribution in [-0.2, 0) is 0 Å². The lowest BCUT2D eigenvalue weighted by Gasteiger charge is -2.01. The number of thioether (sulfide) groups is 1. The maximum absolute atomic E-state index is 11.8. The van der Waals surface area contributed by atoms with Gasteiger partial charge in [0.05, 0.1) is 11.8 Å². The van der Waals surface area contributed by atoms with Crippen molar-refractivity contribution in [1.29, 1.82) is 0 Å². The number of H-pyrrole nitrogens is 1. The number of nitrogens with one attached hydrogen (secondary N) is 1. The number of Topliss-reactive ketones (excluding diaryl/α,β-unsaturated/α-hetero) is 1. The van der Waals surface area contributed by atoms with Crippen molar-refractivity contribution >= 4 is 17.5 Å². The Morgan fingerprint density at radius 1 is 1.26 bits per heavy atom. The zero-order chi connectivity index (χ0) is 13.8. The van der Waals surface area contributed by atoms with Gasteiger partial charge in [-0.2, -0.15) is 4.98 Å². The minimum Gasteiger partial charge on any atom is -0.508 e. The molecule has 1 aromatic heterocycles. The highest BCUT2D eigenvalue weighted by atomic mass is 32.2. The van der Waals surface area contributed by atoms with Crippen molar-refractivity contribution in [1.82, 2.24) is 9.97 Å². The molecule has 1 aromatic carbocycles. The molecule has 0 saturated heterocycles. The summed E-state index contributed by atoms with van der Waals surface area (Å²) in [5.41, 5.74) is -0.0279. The number of aromatic nitrogens is 2. The van der Waals surface area contributed by atoms with Crippen LogP contribution in [0, 0.1) is 0 Å². The maximum atomic E-state index is 11.8. The van der Waals surface area contributed by atoms with Crippen LogP contribution in [0.1, 0.15) is 10.4 Å². The summed E-state index contributed by atoms with van der Waals surface area (Å²) in [6, 6.07) is 6.82. The maximum Gasteiger partial charge on any atom is 0.255 e. The lowest BCUT2D eigenvalue weighted by atomic mass is 10.1. The van der Waals surface area contributed by atoms with Crippen molar-refractivity contribution in [3.63, 3.8) is 0 Å². The number of hydrogen-bond acceptors (Lipinski definition) is 6. The molecule has 7 heteroatoms. The van der Waals surface area contributed by atoms with Crippen molar-refractivity contribution in [2.75, 3.05) is 5.75 Å². The summed E-state index contributed by atoms with van der Waals surface area (Å²) < 4.78 is 0. The van der Waals surface area contributed by atoms with Crippen LogP contribution >= 0.6 is 11.8 Å². The third kappa shape index (κ3) is 3.59. The van der Waals surface area contributed by atoms with E-state index < -0.39 is 5.56 Å². The van der Waals surface area contributed by atoms with Gasteiger partial charge >= 0.3 is 0 Å². The second-order valence-corrected chi connectivity index (χ2v) is 4.63. The van der Waals surface area contributed by atoms with Gasteiger partial charge in [0.15, 0.2) is 10.9 Å². The zero-order valence-corrected chi connectivity index (χ0v) is 10.5. The van der Waals surface area contributed by atoms with E-state index >= 15 is 0 Å². The summed E-state index contributed by atoms with van der Waals surface area (Å²) in [4.78, 5) is 29.0. The van der Waals surface area contributed by atoms with E-state index in [-0.39, 0.29) is 28.3 Å². The van der Waals surface area contributed by atoms with Gasteiger partial charge in [0, 0.05) is 5.56 Å². The first kappa shape index (κ1) is 13.2. The van der Waals surface area contributed by atoms with Crippen molar-refractivity contribution in [3.05, 3.63) is 46.2 Å². The van der Waals surface area contributed by atoms with Crippen LogP contribution in [-0.4, -0.2) is 31.7 Å². The molecular formula is C12H10N2O4S. The van der Waals surface area contributed by atoms with Gasteiger partial charge in [0.2, 0.25) is 5.88 Å². The SMILES string of the molecule is O=C(CSc1nc(O)cc(=O)[nH]1)c1ccc(O)cc1. The van der Waals surface area contributed by atoms with Crippen LogP contribution in [0.3, 0.4) is 0 Å². The van der Waals surface area contributed by atoms with E-state index in [1.54, 1.807) is 0 Å². The number of nitrogens with zero attached hydrogens (tertiary/aromatic N) is 1. The molecule has 0 amide bonds. The largest absolute Gasteiger partial charge is 0.508 e. The fourth-order valence-electron chi connectivity index (χ4n) is 1.36. The van der Waals surface area contributed by atoms with E-state index in [2.05, 4.69) is 9.97 Å². The molecule has 0 aliphatic carbocycles. The van der Waals surface area contributed by atoms with E-state index in [1.807, 2.05) is 0 Å². The molecule has 2 rings (SSSR count). The summed E-state index contributed by atoms with van der Waals surface area (Å²) in [6.45, 7) is 0. The van der Waals surface area contributed by atoms with Gasteiger partial charge in [-0.1, -0.05) is 11.8 Å². The summed E-state index contributed by atoms with van der Waals surface area (Å²) >= 11 is 1.02. The molecule has 1 heterocycles. The minimum absolute atomic E-state index is 0.0666. The van der Waals surface area contributed by atoms with Crippen LogP contribution in [0.15, 0.2) is 40.3 Å². The highest BCUT2D eigenvalue weighted by molar-refractivity contribution is 7.99. The normalized spacial score (nSPS) is 10.3. The first-order valence-corrected chi connectivity index (χ1v) is 6.28. The van der Waals surface area contributed by atoms with Crippen LogP contribution in [0.5, 0.6) is 11.6 Å². The average molecular weight is 278 g/mol. The number of hydrogen-bond donors (Lipinski definition) is 3. The van der Waals surface area contributed by atoms with E-state index in [4.69, 9.17) is 10.2 Å². The van der Waals surface area contributed by atoms with Gasteiger partial charge in [0.1, 0.15) is 5.75 Å². The Balaban J connectivity index is 2.04. The number of rotatable bonds is 4. The molecule has 2 aromatic rings. The number of aromatic hydroxyl groups is 2. The quantitative estimate of drug-likeness (QED) is 0.440. The number of carbonyl (C=O) groups is 1. The van der Waals surface area contributed by atoms with Gasteiger partial charge in [-0.05, 0) is 24.3 Å². The first-order chi connectivity index (χ1) is 9.04. The fraction of sp³-hybridized carbons (Fsp3) is 0.0833. The lowest BCUT2D eigenvalue weighted by molar-refractivity contribution is 0.102. The average Bonchev–Trinajstić information content (AvgIpc) is 2.36. The molecule has 6 nitrogen and oxygen atoms in total. The van der Waals surface area contributed by atoms with Crippen molar-refractivity contribution in [3.8, 4) is 11.6 Å². The molecule has 3 N–H and O–H groups in total. The Bertz CT molecular complexity index is 652. The summed E-state index contributed by atoms with van der Waals surface area (Å²) in [6.07, 6.45) is 0. The van der Waals surface area contributed by atoms with Crippen LogP contribution in [0.2, 0.25) is 0 Å². The van der Waals surface area contributed by atoms with Gasteiger partial charge in [0.25, 0.3) is 5.56 Å². The predicted octanol–water partition coefficient (Wildman–Crippen LogP) is 1.16. The highest BCUT2D eigenvalue weighted by Gasteiger charge is 2.08. The molecule has 98 valence electrons. The van der Waals surface area contributed by atoms with Gasteiger partial charge in [-0.25, -0.2) is 0 Å². The molecule has 0 fully saturated rings. The predicted molar refractivity (Wildman–Crippen MR) is 69.7 cm³/mol. The van der Waals surface area contributed by atoms with Gasteiger partial charge in [-0.3, -0.25) is 9.59 Å². The van der Waals surface area contributed by atoms with Crippen LogP contribution < -0.4 is 5.56 Å². The minimum atomic E-state index is -0.480. The Hall–Kier alpha value is -2.28. The van der Waals surface area contributed by atoms with Gasteiger partial charge in [-0.15, -0.1) is 0 Å². The Labute approximate surface area is 112 Å². The molecule has 0 aliphatic heterocycles. The standard InChI is InChI=1S/C12H10N2O4S/c15-8-3-1-7(2-4-8)9(16)6-19-12-13-10(17)5-11(18)14-12/h1-5,15H,6H2,(H2,13,14,17,18). The second kappa shape index (κ2) is 5.57. The number of benzene rings is 1. The molecule has 0 aliphatic rings. The highest BCUT2D eigenvalue weighted by Crippen LogP contribution is 2.17. The molecule has 19 heavy (non-hydrogen) atoms. The number of carbonyl (C=O) groups excluding carboxylic acids is 1. The number of aromatic amines is 1. The van der Waals surface area contributed by atoms with Crippen molar-refractivity contribution in [2.24, 2.45) is 0 Å². The Kier molecular flexibility index (Phi) is 3.86. The molecule has 0 atom stereocenters. The number of phenolic OH excluding ortho intramolecular Hbond substituents is 1. The summed E-state index contributed by atoms with van der Waals surface area (Å²) in [5, 5.41) is 18.4. The third-order valence-electron chi connectivity index (χ3n) is 2.24. The Morgan fingerprint density at radius 3 is 2.58 bits per heavy atom.